The Morgan fingerprint density at radius 3 is 2.57 bits per heavy atom. The van der Waals surface area contributed by atoms with E-state index in [1.807, 2.05) is 56.3 Å². The highest BCUT2D eigenvalue weighted by atomic mass is 35.5. The second kappa shape index (κ2) is 8.80. The van der Waals surface area contributed by atoms with Crippen LogP contribution in [-0.2, 0) is 0 Å². The molecule has 0 saturated heterocycles. The Balaban J connectivity index is 1.79. The van der Waals surface area contributed by atoms with Gasteiger partial charge in [0.25, 0.3) is 0 Å². The number of hydrazone groups is 1. The summed E-state index contributed by atoms with van der Waals surface area (Å²) in [5, 5.41) is 7.84. The summed E-state index contributed by atoms with van der Waals surface area (Å²) in [5.74, 6) is 1.47. The zero-order chi connectivity index (χ0) is 21.1. The lowest BCUT2D eigenvalue weighted by Crippen LogP contribution is -2.19. The number of hydrogen-bond acceptors (Lipinski definition) is 4. The molecule has 4 nitrogen and oxygen atoms in total. The molecule has 0 aromatic heterocycles. The van der Waals surface area contributed by atoms with Gasteiger partial charge in [-0.15, -0.1) is 0 Å². The highest BCUT2D eigenvalue weighted by molar-refractivity contribution is 6.31. The SMILES string of the molecule is CCOc1ccc(C2CC(c3ccccc3)=NN2c2cccc(Cl)c2C)cc1OC. The minimum atomic E-state index is 0.0296. The van der Waals surface area contributed by atoms with Crippen LogP contribution in [0, 0.1) is 6.92 Å². The van der Waals surface area contributed by atoms with E-state index < -0.39 is 0 Å². The lowest BCUT2D eigenvalue weighted by molar-refractivity contribution is 0.310. The number of benzene rings is 3. The Kier molecular flexibility index (Phi) is 5.96. The fraction of sp³-hybridized carbons (Fsp3) is 0.240. The second-order valence-electron chi connectivity index (χ2n) is 7.20. The summed E-state index contributed by atoms with van der Waals surface area (Å²) in [5.41, 5.74) is 5.31. The molecule has 1 heterocycles. The van der Waals surface area contributed by atoms with Crippen LogP contribution in [-0.4, -0.2) is 19.4 Å². The van der Waals surface area contributed by atoms with Crippen LogP contribution >= 0.6 is 11.6 Å². The number of methoxy groups -OCH3 is 1. The maximum atomic E-state index is 6.43. The fourth-order valence-corrected chi connectivity index (χ4v) is 3.98. The van der Waals surface area contributed by atoms with E-state index in [9.17, 15) is 0 Å². The van der Waals surface area contributed by atoms with Crippen molar-refractivity contribution in [3.63, 3.8) is 0 Å². The summed E-state index contributed by atoms with van der Waals surface area (Å²) in [6.45, 7) is 4.59. The highest BCUT2D eigenvalue weighted by Gasteiger charge is 2.31. The van der Waals surface area contributed by atoms with Crippen molar-refractivity contribution in [1.29, 1.82) is 0 Å². The first-order valence-corrected chi connectivity index (χ1v) is 10.5. The molecule has 1 unspecified atom stereocenters. The van der Waals surface area contributed by atoms with Crippen LogP contribution in [0.3, 0.4) is 0 Å². The van der Waals surface area contributed by atoms with Gasteiger partial charge in [-0.3, -0.25) is 5.01 Å². The first-order chi connectivity index (χ1) is 14.6. The van der Waals surface area contributed by atoms with Gasteiger partial charge in [0.2, 0.25) is 0 Å². The number of halogens is 1. The number of anilines is 1. The number of rotatable bonds is 6. The molecule has 1 aliphatic rings. The van der Waals surface area contributed by atoms with Gasteiger partial charge in [-0.05, 0) is 54.8 Å². The lowest BCUT2D eigenvalue weighted by Gasteiger charge is -2.26. The van der Waals surface area contributed by atoms with E-state index in [4.69, 9.17) is 26.2 Å². The molecule has 0 saturated carbocycles. The van der Waals surface area contributed by atoms with Crippen LogP contribution in [0.4, 0.5) is 5.69 Å². The summed E-state index contributed by atoms with van der Waals surface area (Å²) in [6, 6.07) is 22.4. The molecular formula is C25H25ClN2O2. The molecule has 154 valence electrons. The molecule has 1 atom stereocenters. The Labute approximate surface area is 182 Å². The van der Waals surface area contributed by atoms with E-state index in [2.05, 4.69) is 29.3 Å². The third-order valence-electron chi connectivity index (χ3n) is 5.38. The molecule has 0 amide bonds. The van der Waals surface area contributed by atoms with Gasteiger partial charge in [-0.2, -0.15) is 5.10 Å². The predicted molar refractivity (Wildman–Crippen MR) is 123 cm³/mol. The molecule has 1 aliphatic heterocycles. The standard InChI is InChI=1S/C25H25ClN2O2/c1-4-30-24-14-13-19(15-25(24)29-3)23-16-21(18-9-6-5-7-10-18)27-28(23)22-12-8-11-20(26)17(22)2/h5-15,23H,4,16H2,1-3H3. The average molecular weight is 421 g/mol. The van der Waals surface area contributed by atoms with Crippen LogP contribution in [0.2, 0.25) is 5.02 Å². The molecule has 0 aliphatic carbocycles. The molecule has 3 aromatic carbocycles. The largest absolute Gasteiger partial charge is 0.493 e. The van der Waals surface area contributed by atoms with E-state index in [1.54, 1.807) is 7.11 Å². The van der Waals surface area contributed by atoms with Gasteiger partial charge < -0.3 is 9.47 Å². The maximum Gasteiger partial charge on any atom is 0.161 e. The van der Waals surface area contributed by atoms with E-state index in [0.29, 0.717) is 6.61 Å². The zero-order valence-electron chi connectivity index (χ0n) is 17.4. The van der Waals surface area contributed by atoms with E-state index in [1.165, 1.54) is 0 Å². The van der Waals surface area contributed by atoms with E-state index >= 15 is 0 Å². The van der Waals surface area contributed by atoms with Crippen molar-refractivity contribution in [2.75, 3.05) is 18.7 Å². The van der Waals surface area contributed by atoms with Gasteiger partial charge in [-0.1, -0.05) is 54.1 Å². The van der Waals surface area contributed by atoms with Crippen LogP contribution < -0.4 is 14.5 Å². The van der Waals surface area contributed by atoms with Crippen LogP contribution in [0.25, 0.3) is 0 Å². The lowest BCUT2D eigenvalue weighted by atomic mass is 9.97. The summed E-state index contributed by atoms with van der Waals surface area (Å²) in [6.07, 6.45) is 0.785. The van der Waals surface area contributed by atoms with Crippen molar-refractivity contribution in [2.45, 2.75) is 26.3 Å². The maximum absolute atomic E-state index is 6.43. The van der Waals surface area contributed by atoms with Crippen molar-refractivity contribution in [1.82, 2.24) is 0 Å². The third kappa shape index (κ3) is 3.88. The second-order valence-corrected chi connectivity index (χ2v) is 7.61. The van der Waals surface area contributed by atoms with Gasteiger partial charge in [-0.25, -0.2) is 0 Å². The third-order valence-corrected chi connectivity index (χ3v) is 5.79. The van der Waals surface area contributed by atoms with Crippen LogP contribution in [0.1, 0.15) is 36.1 Å². The quantitative estimate of drug-likeness (QED) is 0.462. The Hall–Kier alpha value is -2.98. The molecule has 5 heteroatoms. The molecule has 4 rings (SSSR count). The van der Waals surface area contributed by atoms with Gasteiger partial charge >= 0.3 is 0 Å². The van der Waals surface area contributed by atoms with Gasteiger partial charge in [0.1, 0.15) is 0 Å². The van der Waals surface area contributed by atoms with Crippen molar-refractivity contribution >= 4 is 23.0 Å². The molecule has 0 fully saturated rings. The van der Waals surface area contributed by atoms with Crippen molar-refractivity contribution in [3.05, 3.63) is 88.4 Å². The summed E-state index contributed by atoms with van der Waals surface area (Å²) < 4.78 is 11.3. The molecule has 0 radical (unpaired) electrons. The normalized spacial score (nSPS) is 15.8. The van der Waals surface area contributed by atoms with Gasteiger partial charge in [0.15, 0.2) is 11.5 Å². The Morgan fingerprint density at radius 2 is 1.83 bits per heavy atom. The summed E-state index contributed by atoms with van der Waals surface area (Å²) >= 11 is 6.43. The molecular weight excluding hydrogens is 396 g/mol. The van der Waals surface area contributed by atoms with Crippen molar-refractivity contribution in [2.24, 2.45) is 5.10 Å². The number of hydrogen-bond donors (Lipinski definition) is 0. The minimum Gasteiger partial charge on any atom is -0.493 e. The number of ether oxygens (including phenoxy) is 2. The molecule has 0 spiro atoms. The van der Waals surface area contributed by atoms with Gasteiger partial charge in [0.05, 0.1) is 31.2 Å². The molecule has 3 aromatic rings. The zero-order valence-corrected chi connectivity index (χ0v) is 18.2. The summed E-state index contributed by atoms with van der Waals surface area (Å²) in [7, 11) is 1.67. The molecule has 0 N–H and O–H groups in total. The fourth-order valence-electron chi connectivity index (χ4n) is 3.81. The Bertz CT molecular complexity index is 1070. The Morgan fingerprint density at radius 1 is 1.03 bits per heavy atom. The summed E-state index contributed by atoms with van der Waals surface area (Å²) in [4.78, 5) is 0. The van der Waals surface area contributed by atoms with Crippen molar-refractivity contribution < 1.29 is 9.47 Å². The smallest absolute Gasteiger partial charge is 0.161 e. The first-order valence-electron chi connectivity index (χ1n) is 10.1. The predicted octanol–water partition coefficient (Wildman–Crippen LogP) is 6.41. The molecule has 0 bridgehead atoms. The average Bonchev–Trinajstić information content (AvgIpc) is 3.22. The number of nitrogens with zero attached hydrogens (tertiary/aromatic N) is 2. The first kappa shape index (κ1) is 20.3. The van der Waals surface area contributed by atoms with Crippen LogP contribution in [0.5, 0.6) is 11.5 Å². The topological polar surface area (TPSA) is 34.1 Å². The minimum absolute atomic E-state index is 0.0296. The monoisotopic (exact) mass is 420 g/mol. The van der Waals surface area contributed by atoms with Gasteiger partial charge in [0, 0.05) is 11.4 Å². The van der Waals surface area contributed by atoms with Crippen LogP contribution in [0.15, 0.2) is 71.8 Å². The highest BCUT2D eigenvalue weighted by Crippen LogP contribution is 2.41. The van der Waals surface area contributed by atoms with Crippen molar-refractivity contribution in [3.8, 4) is 11.5 Å². The van der Waals surface area contributed by atoms with E-state index in [0.717, 1.165) is 51.0 Å². The molecule has 30 heavy (non-hydrogen) atoms. The van der Waals surface area contributed by atoms with E-state index in [-0.39, 0.29) is 6.04 Å².